The van der Waals surface area contributed by atoms with E-state index in [1.165, 1.54) is 16.7 Å². The number of hydrogen-bond donors (Lipinski definition) is 0. The number of benzene rings is 11. The van der Waals surface area contributed by atoms with Gasteiger partial charge < -0.3 is 18.6 Å². The first-order valence-corrected chi connectivity index (χ1v) is 23.7. The topological polar surface area (TPSA) is 32.8 Å². The highest BCUT2D eigenvalue weighted by atomic mass is 16.3. The van der Waals surface area contributed by atoms with Gasteiger partial charge in [-0.25, -0.2) is 0 Å². The Morgan fingerprint density at radius 1 is 0.214 bits per heavy atom. The van der Waals surface area contributed by atoms with E-state index in [-0.39, 0.29) is 0 Å². The molecule has 0 aliphatic heterocycles. The number of rotatable bonds is 10. The van der Waals surface area contributed by atoms with Crippen LogP contribution in [0.3, 0.4) is 0 Å². The van der Waals surface area contributed by atoms with Crippen molar-refractivity contribution in [3.05, 3.63) is 267 Å². The van der Waals surface area contributed by atoms with Gasteiger partial charge in [0.2, 0.25) is 0 Å². The van der Waals surface area contributed by atoms with Gasteiger partial charge in [-0.1, -0.05) is 194 Å². The van der Waals surface area contributed by atoms with Crippen LogP contribution in [0.1, 0.15) is 0 Å². The average molecular weight is 897 g/mol. The lowest BCUT2D eigenvalue weighted by molar-refractivity contribution is 0.668. The van der Waals surface area contributed by atoms with Crippen molar-refractivity contribution in [2.24, 2.45) is 0 Å². The van der Waals surface area contributed by atoms with Crippen molar-refractivity contribution in [3.8, 4) is 44.5 Å². The van der Waals surface area contributed by atoms with Crippen LogP contribution < -0.4 is 9.80 Å². The van der Waals surface area contributed by atoms with E-state index in [9.17, 15) is 0 Å². The van der Waals surface area contributed by atoms with Crippen LogP contribution in [0.15, 0.2) is 276 Å². The molecular weight excluding hydrogens is 853 g/mol. The second-order valence-corrected chi connectivity index (χ2v) is 17.6. The van der Waals surface area contributed by atoms with Crippen LogP contribution in [0.4, 0.5) is 34.1 Å². The van der Waals surface area contributed by atoms with E-state index in [4.69, 9.17) is 8.83 Å². The molecule has 0 atom stereocenters. The summed E-state index contributed by atoms with van der Waals surface area (Å²) in [6.07, 6.45) is 0. The Hall–Kier alpha value is -9.38. The molecule has 4 nitrogen and oxygen atoms in total. The molecule has 0 unspecified atom stereocenters. The van der Waals surface area contributed by atoms with Gasteiger partial charge in [-0.05, 0) is 106 Å². The fourth-order valence-electron chi connectivity index (χ4n) is 10.2. The van der Waals surface area contributed by atoms with Crippen LogP contribution in [0.25, 0.3) is 88.4 Å². The lowest BCUT2D eigenvalue weighted by Crippen LogP contribution is -2.14. The van der Waals surface area contributed by atoms with Gasteiger partial charge in [0.1, 0.15) is 22.3 Å². The first-order chi connectivity index (χ1) is 34.7. The van der Waals surface area contributed by atoms with Gasteiger partial charge in [-0.15, -0.1) is 0 Å². The number of furan rings is 2. The molecule has 2 heterocycles. The number of para-hydroxylation sites is 4. The third-order valence-electron chi connectivity index (χ3n) is 13.5. The standard InChI is InChI=1S/C66H44N2O2/c1-3-17-45(18-4-1)47-33-35-48(36-34-47)50-39-43-52(44-40-50)68(60-28-16-32-64-66(60)56-24-10-14-30-62(56)70-64)58-26-12-8-22-54(58)53-21-7-11-25-57(53)67(51-41-37-49(38-42-51)46-19-5-2-6-20-46)59-27-15-31-63-65(59)55-23-9-13-29-61(55)69-63/h1-44H. The van der Waals surface area contributed by atoms with Crippen LogP contribution in [0.2, 0.25) is 0 Å². The molecule has 13 rings (SSSR count). The summed E-state index contributed by atoms with van der Waals surface area (Å²) >= 11 is 0. The Labute approximate surface area is 406 Å². The Morgan fingerprint density at radius 3 is 0.929 bits per heavy atom. The molecule has 11 aromatic carbocycles. The highest BCUT2D eigenvalue weighted by Crippen LogP contribution is 2.51. The van der Waals surface area contributed by atoms with Gasteiger partial charge in [0.25, 0.3) is 0 Å². The Balaban J connectivity index is 1.00. The van der Waals surface area contributed by atoms with Crippen LogP contribution in [-0.2, 0) is 0 Å². The monoisotopic (exact) mass is 896 g/mol. The normalized spacial score (nSPS) is 11.4. The molecule has 330 valence electrons. The minimum Gasteiger partial charge on any atom is -0.456 e. The quantitative estimate of drug-likeness (QED) is 0.137. The maximum absolute atomic E-state index is 6.55. The minimum absolute atomic E-state index is 0.835. The molecule has 0 radical (unpaired) electrons. The maximum Gasteiger partial charge on any atom is 0.137 e. The second kappa shape index (κ2) is 17.4. The highest BCUT2D eigenvalue weighted by molar-refractivity contribution is 6.16. The zero-order chi connectivity index (χ0) is 46.4. The number of anilines is 6. The Morgan fingerprint density at radius 2 is 0.514 bits per heavy atom. The van der Waals surface area contributed by atoms with Crippen molar-refractivity contribution < 1.29 is 8.83 Å². The summed E-state index contributed by atoms with van der Waals surface area (Å²) in [6, 6.07) is 94.8. The zero-order valence-corrected chi connectivity index (χ0v) is 38.1. The maximum atomic E-state index is 6.55. The van der Waals surface area contributed by atoms with E-state index in [0.29, 0.717) is 0 Å². The molecule has 2 aromatic heterocycles. The van der Waals surface area contributed by atoms with Crippen LogP contribution in [0, 0.1) is 0 Å². The van der Waals surface area contributed by atoms with Crippen LogP contribution >= 0.6 is 0 Å². The fraction of sp³-hybridized carbons (Fsp3) is 0. The van der Waals surface area contributed by atoms with E-state index in [2.05, 4.69) is 265 Å². The minimum atomic E-state index is 0.835. The van der Waals surface area contributed by atoms with Crippen molar-refractivity contribution in [1.29, 1.82) is 0 Å². The van der Waals surface area contributed by atoms with Crippen LogP contribution in [-0.4, -0.2) is 0 Å². The molecule has 0 aliphatic rings. The zero-order valence-electron chi connectivity index (χ0n) is 38.1. The second-order valence-electron chi connectivity index (χ2n) is 17.6. The van der Waals surface area contributed by atoms with Crippen molar-refractivity contribution in [2.75, 3.05) is 9.80 Å². The molecule has 0 amide bonds. The molecule has 0 N–H and O–H groups in total. The largest absolute Gasteiger partial charge is 0.456 e. The van der Waals surface area contributed by atoms with Gasteiger partial charge in [-0.3, -0.25) is 0 Å². The molecular formula is C66H44N2O2. The molecule has 0 aliphatic carbocycles. The van der Waals surface area contributed by atoms with E-state index in [1.54, 1.807) is 0 Å². The lowest BCUT2D eigenvalue weighted by atomic mass is 9.97. The van der Waals surface area contributed by atoms with Crippen molar-refractivity contribution in [2.45, 2.75) is 0 Å². The number of hydrogen-bond acceptors (Lipinski definition) is 4. The average Bonchev–Trinajstić information content (AvgIpc) is 4.02. The molecule has 0 saturated heterocycles. The van der Waals surface area contributed by atoms with E-state index in [0.717, 1.165) is 106 Å². The summed E-state index contributed by atoms with van der Waals surface area (Å²) in [5.41, 5.74) is 18.7. The predicted molar refractivity (Wildman–Crippen MR) is 292 cm³/mol. The molecule has 70 heavy (non-hydrogen) atoms. The van der Waals surface area contributed by atoms with Gasteiger partial charge in [0.15, 0.2) is 0 Å². The molecule has 4 heteroatoms. The summed E-state index contributed by atoms with van der Waals surface area (Å²) < 4.78 is 13.1. The van der Waals surface area contributed by atoms with Gasteiger partial charge in [0.05, 0.1) is 33.5 Å². The summed E-state index contributed by atoms with van der Waals surface area (Å²) in [6.45, 7) is 0. The van der Waals surface area contributed by atoms with E-state index >= 15 is 0 Å². The number of nitrogens with zero attached hydrogens (tertiary/aromatic N) is 2. The SMILES string of the molecule is c1ccc(-c2ccc(-c3ccc(N(c4ccccc4-c4ccccc4N(c4ccc(-c5ccccc5)cc4)c4cccc5oc6ccccc6c45)c4cccc5oc6ccccc6c45)cc3)cc2)cc1. The third-order valence-corrected chi connectivity index (χ3v) is 13.5. The van der Waals surface area contributed by atoms with Gasteiger partial charge >= 0.3 is 0 Å². The first-order valence-electron chi connectivity index (χ1n) is 23.7. The van der Waals surface area contributed by atoms with Gasteiger partial charge in [0, 0.05) is 33.3 Å². The van der Waals surface area contributed by atoms with E-state index in [1.807, 2.05) is 12.1 Å². The van der Waals surface area contributed by atoms with Crippen LogP contribution in [0.5, 0.6) is 0 Å². The first kappa shape index (κ1) is 40.9. The molecule has 0 bridgehead atoms. The summed E-state index contributed by atoms with van der Waals surface area (Å²) in [5, 5.41) is 4.25. The summed E-state index contributed by atoms with van der Waals surface area (Å²) in [4.78, 5) is 4.81. The molecule has 13 aromatic rings. The number of fused-ring (bicyclic) bond motifs is 6. The molecule has 0 saturated carbocycles. The molecule has 0 spiro atoms. The summed E-state index contributed by atoms with van der Waals surface area (Å²) in [7, 11) is 0. The van der Waals surface area contributed by atoms with Crippen molar-refractivity contribution >= 4 is 78.0 Å². The smallest absolute Gasteiger partial charge is 0.137 e. The Bertz CT molecular complexity index is 3990. The molecule has 0 fully saturated rings. The fourth-order valence-corrected chi connectivity index (χ4v) is 10.2. The van der Waals surface area contributed by atoms with Crippen molar-refractivity contribution in [1.82, 2.24) is 0 Å². The van der Waals surface area contributed by atoms with Gasteiger partial charge in [-0.2, -0.15) is 0 Å². The third kappa shape index (κ3) is 7.18. The lowest BCUT2D eigenvalue weighted by Gasteiger charge is -2.31. The Kier molecular flexibility index (Phi) is 10.1. The van der Waals surface area contributed by atoms with E-state index < -0.39 is 0 Å². The van der Waals surface area contributed by atoms with Crippen molar-refractivity contribution in [3.63, 3.8) is 0 Å². The predicted octanol–water partition coefficient (Wildman–Crippen LogP) is 19.1. The highest BCUT2D eigenvalue weighted by Gasteiger charge is 2.26. The summed E-state index contributed by atoms with van der Waals surface area (Å²) in [5.74, 6) is 0.